The van der Waals surface area contributed by atoms with Crippen molar-refractivity contribution >= 4 is 49.6 Å². The van der Waals surface area contributed by atoms with E-state index >= 15 is 0 Å². The number of anilines is 1. The molecule has 0 saturated carbocycles. The monoisotopic (exact) mass is 460 g/mol. The summed E-state index contributed by atoms with van der Waals surface area (Å²) in [7, 11) is 0. The molecule has 3 nitrogen and oxygen atoms in total. The first-order valence-electron chi connectivity index (χ1n) is 11.6. The summed E-state index contributed by atoms with van der Waals surface area (Å²) in [6, 6.07) is 12.2. The summed E-state index contributed by atoms with van der Waals surface area (Å²) < 4.78 is 2.17. The Kier molecular flexibility index (Phi) is 10.8. The molecular weight excluding hydrogens is 424 g/mol. The van der Waals surface area contributed by atoms with Gasteiger partial charge in [0.2, 0.25) is 0 Å². The first-order chi connectivity index (χ1) is 14.7. The number of nitrogens with one attached hydrogen (secondary N) is 1. The van der Waals surface area contributed by atoms with Gasteiger partial charge < -0.3 is 10.2 Å². The zero-order valence-corrected chi connectivity index (χ0v) is 20.8. The van der Waals surface area contributed by atoms with E-state index < -0.39 is 0 Å². The second-order valence-corrected chi connectivity index (χ2v) is 9.30. The lowest BCUT2D eigenvalue weighted by Crippen LogP contribution is -2.27. The highest BCUT2D eigenvalue weighted by atomic mass is 35.5. The topological polar surface area (TPSA) is 32.3 Å². The fourth-order valence-corrected chi connectivity index (χ4v) is 5.13. The molecule has 0 amide bonds. The number of fused-ring (bicyclic) bond motifs is 2. The molecule has 5 heteroatoms. The second-order valence-electron chi connectivity index (χ2n) is 8.24. The van der Waals surface area contributed by atoms with Crippen LogP contribution in [0.4, 0.5) is 5.69 Å². The van der Waals surface area contributed by atoms with Crippen LogP contribution < -0.4 is 10.7 Å². The van der Waals surface area contributed by atoms with Crippen molar-refractivity contribution in [3.63, 3.8) is 0 Å². The number of benzene rings is 2. The Bertz CT molecular complexity index is 1010. The molecule has 0 radical (unpaired) electrons. The van der Waals surface area contributed by atoms with Gasteiger partial charge >= 0.3 is 0 Å². The number of halogens is 1. The van der Waals surface area contributed by atoms with Crippen LogP contribution in [-0.2, 0) is 0 Å². The molecule has 0 aliphatic rings. The summed E-state index contributed by atoms with van der Waals surface area (Å²) in [5.74, 6) is 0. The lowest BCUT2D eigenvalue weighted by atomic mass is 10.1. The third-order valence-corrected chi connectivity index (χ3v) is 7.10. The molecule has 0 fully saturated rings. The lowest BCUT2D eigenvalue weighted by Gasteiger charge is -2.22. The molecule has 1 heterocycles. The Morgan fingerprint density at radius 3 is 2.29 bits per heavy atom. The van der Waals surface area contributed by atoms with Crippen LogP contribution in [0.2, 0.25) is 0 Å². The van der Waals surface area contributed by atoms with Crippen LogP contribution in [0.25, 0.3) is 20.2 Å². The van der Waals surface area contributed by atoms with Crippen LogP contribution in [0.3, 0.4) is 0 Å². The predicted molar refractivity (Wildman–Crippen MR) is 142 cm³/mol. The maximum Gasteiger partial charge on any atom is 0.197 e. The fourth-order valence-electron chi connectivity index (χ4n) is 3.96. The van der Waals surface area contributed by atoms with Gasteiger partial charge in [0.25, 0.3) is 0 Å². The van der Waals surface area contributed by atoms with Crippen molar-refractivity contribution in [2.45, 2.75) is 59.3 Å². The van der Waals surface area contributed by atoms with E-state index in [9.17, 15) is 4.79 Å². The maximum absolute atomic E-state index is 13.2. The molecule has 1 aromatic heterocycles. The molecule has 0 atom stereocenters. The van der Waals surface area contributed by atoms with Crippen LogP contribution in [0.15, 0.2) is 41.2 Å². The highest BCUT2D eigenvalue weighted by Crippen LogP contribution is 2.31. The van der Waals surface area contributed by atoms with Gasteiger partial charge in [0.15, 0.2) is 5.43 Å². The molecule has 1 N–H and O–H groups in total. The Hall–Kier alpha value is -1.62. The number of unbranched alkanes of at least 4 members (excludes halogenated alkanes) is 3. The van der Waals surface area contributed by atoms with Crippen molar-refractivity contribution in [3.8, 4) is 0 Å². The minimum Gasteiger partial charge on any atom is -0.384 e. The van der Waals surface area contributed by atoms with Gasteiger partial charge in [0.1, 0.15) is 0 Å². The number of rotatable bonds is 12. The van der Waals surface area contributed by atoms with Gasteiger partial charge in [-0.25, -0.2) is 0 Å². The Labute approximate surface area is 197 Å². The number of aryl methyl sites for hydroxylation is 1. The van der Waals surface area contributed by atoms with Gasteiger partial charge in [0, 0.05) is 27.0 Å². The Balaban J connectivity index is 0.00000341. The molecule has 31 heavy (non-hydrogen) atoms. The summed E-state index contributed by atoms with van der Waals surface area (Å²) in [5.41, 5.74) is 2.30. The smallest absolute Gasteiger partial charge is 0.197 e. The summed E-state index contributed by atoms with van der Waals surface area (Å²) in [6.45, 7) is 11.2. The molecule has 0 saturated heterocycles. The van der Waals surface area contributed by atoms with E-state index in [1.165, 1.54) is 57.3 Å². The van der Waals surface area contributed by atoms with E-state index in [0.29, 0.717) is 0 Å². The van der Waals surface area contributed by atoms with Gasteiger partial charge in [-0.3, -0.25) is 4.79 Å². The van der Waals surface area contributed by atoms with Crippen LogP contribution in [0.1, 0.15) is 57.9 Å². The first kappa shape index (κ1) is 25.6. The van der Waals surface area contributed by atoms with Gasteiger partial charge in [-0.05, 0) is 76.0 Å². The molecular formula is C26H37ClN2OS. The zero-order valence-electron chi connectivity index (χ0n) is 19.2. The number of hydrogen-bond donors (Lipinski definition) is 1. The minimum absolute atomic E-state index is 0. The molecule has 2 aromatic carbocycles. The fraction of sp³-hybridized carbons (Fsp3) is 0.500. The molecule has 0 unspecified atom stereocenters. The molecule has 0 spiro atoms. The first-order valence-corrected chi connectivity index (χ1v) is 12.4. The number of nitrogens with zero attached hydrogens (tertiary/aromatic N) is 1. The lowest BCUT2D eigenvalue weighted by molar-refractivity contribution is 0.261. The normalized spacial score (nSPS) is 11.2. The Morgan fingerprint density at radius 2 is 1.58 bits per heavy atom. The van der Waals surface area contributed by atoms with E-state index in [4.69, 9.17) is 0 Å². The summed E-state index contributed by atoms with van der Waals surface area (Å²) in [6.07, 6.45) is 7.42. The molecule has 3 aromatic rings. The average molecular weight is 461 g/mol. The van der Waals surface area contributed by atoms with E-state index in [0.717, 1.165) is 38.8 Å². The van der Waals surface area contributed by atoms with Crippen LogP contribution in [-0.4, -0.2) is 31.1 Å². The van der Waals surface area contributed by atoms with Gasteiger partial charge in [-0.15, -0.1) is 23.7 Å². The van der Waals surface area contributed by atoms with Crippen molar-refractivity contribution in [3.05, 3.63) is 52.2 Å². The standard InChI is InChI=1S/C26H36N2OS.ClH/c1-4-6-17-28(18-7-5-2)19-11-10-16-27-22-15-14-20(3)26-24(22)25(29)21-12-8-9-13-23(21)30-26;/h8-9,12-15,27H,4-7,10-11,16-19H2,1-3H3;1H. The van der Waals surface area contributed by atoms with Gasteiger partial charge in [0.05, 0.1) is 5.39 Å². The number of hydrogen-bond acceptors (Lipinski definition) is 4. The predicted octanol–water partition coefficient (Wildman–Crippen LogP) is 7.24. The highest BCUT2D eigenvalue weighted by molar-refractivity contribution is 7.24. The van der Waals surface area contributed by atoms with E-state index in [2.05, 4.69) is 43.1 Å². The van der Waals surface area contributed by atoms with Crippen LogP contribution in [0, 0.1) is 6.92 Å². The van der Waals surface area contributed by atoms with Crippen molar-refractivity contribution in [2.24, 2.45) is 0 Å². The van der Waals surface area contributed by atoms with Gasteiger partial charge in [-0.1, -0.05) is 44.9 Å². The molecule has 0 bridgehead atoms. The van der Waals surface area contributed by atoms with Crippen molar-refractivity contribution in [1.29, 1.82) is 0 Å². The SMILES string of the molecule is CCCCN(CCCC)CCCCNc1ccc(C)c2sc3ccccc3c(=O)c12.Cl. The zero-order chi connectivity index (χ0) is 21.3. The van der Waals surface area contributed by atoms with E-state index in [1.807, 2.05) is 24.3 Å². The quantitative estimate of drug-likeness (QED) is 0.228. The minimum atomic E-state index is 0. The summed E-state index contributed by atoms with van der Waals surface area (Å²) in [5, 5.41) is 5.25. The largest absolute Gasteiger partial charge is 0.384 e. The third-order valence-electron chi connectivity index (χ3n) is 5.80. The maximum atomic E-state index is 13.2. The summed E-state index contributed by atoms with van der Waals surface area (Å²) >= 11 is 1.72. The van der Waals surface area contributed by atoms with Crippen molar-refractivity contribution in [2.75, 3.05) is 31.5 Å². The molecule has 170 valence electrons. The Morgan fingerprint density at radius 1 is 0.903 bits per heavy atom. The second kappa shape index (κ2) is 13.0. The van der Waals surface area contributed by atoms with Crippen LogP contribution >= 0.6 is 23.7 Å². The van der Waals surface area contributed by atoms with E-state index in [1.54, 1.807) is 11.3 Å². The van der Waals surface area contributed by atoms with E-state index in [-0.39, 0.29) is 17.8 Å². The average Bonchev–Trinajstić information content (AvgIpc) is 2.76. The molecule has 0 aliphatic carbocycles. The van der Waals surface area contributed by atoms with Crippen molar-refractivity contribution in [1.82, 2.24) is 4.90 Å². The third kappa shape index (κ3) is 6.68. The highest BCUT2D eigenvalue weighted by Gasteiger charge is 2.12. The van der Waals surface area contributed by atoms with Crippen LogP contribution in [0.5, 0.6) is 0 Å². The molecule has 0 aliphatic heterocycles. The van der Waals surface area contributed by atoms with Gasteiger partial charge in [-0.2, -0.15) is 0 Å². The van der Waals surface area contributed by atoms with Crippen molar-refractivity contribution < 1.29 is 0 Å². The molecule has 3 rings (SSSR count). The summed E-state index contributed by atoms with van der Waals surface area (Å²) in [4.78, 5) is 15.8.